The first-order valence-electron chi connectivity index (χ1n) is 2.92. The van der Waals surface area contributed by atoms with E-state index in [9.17, 15) is 10.1 Å². The van der Waals surface area contributed by atoms with Gasteiger partial charge in [0.25, 0.3) is 0 Å². The van der Waals surface area contributed by atoms with Crippen LogP contribution in [0.3, 0.4) is 0 Å². The van der Waals surface area contributed by atoms with Crippen molar-refractivity contribution in [3.05, 3.63) is 22.0 Å². The summed E-state index contributed by atoms with van der Waals surface area (Å²) in [5, 5.41) is 18.8. The Morgan fingerprint density at radius 3 is 2.82 bits per heavy atom. The summed E-state index contributed by atoms with van der Waals surface area (Å²) in [6, 6.07) is 0. The molecular weight excluding hydrogens is 150 g/mol. The molecule has 0 unspecified atom stereocenters. The highest BCUT2D eigenvalue weighted by Gasteiger charge is 2.15. The summed E-state index contributed by atoms with van der Waals surface area (Å²) in [4.78, 5) is 13.1. The molecule has 0 atom stereocenters. The van der Waals surface area contributed by atoms with E-state index in [0.717, 1.165) is 0 Å². The zero-order valence-electron chi connectivity index (χ0n) is 5.89. The number of imidazole rings is 1. The molecule has 0 radical (unpaired) electrons. The molecule has 0 aromatic carbocycles. The van der Waals surface area contributed by atoms with Gasteiger partial charge in [0.15, 0.2) is 0 Å². The summed E-state index contributed by atoms with van der Waals surface area (Å²) in [6.07, 6.45) is 1.28. The number of aliphatic hydroxyl groups excluding tert-OH is 1. The van der Waals surface area contributed by atoms with E-state index in [1.807, 2.05) is 0 Å². The Morgan fingerprint density at radius 1 is 1.91 bits per heavy atom. The van der Waals surface area contributed by atoms with Crippen LogP contribution in [0.4, 0.5) is 5.95 Å². The fourth-order valence-electron chi connectivity index (χ4n) is 0.750. The van der Waals surface area contributed by atoms with Gasteiger partial charge in [-0.15, -0.1) is 0 Å². The third-order valence-electron chi connectivity index (χ3n) is 1.39. The molecule has 60 valence electrons. The predicted octanol–water partition coefficient (Wildman–Crippen LogP) is -0.179. The van der Waals surface area contributed by atoms with Crippen molar-refractivity contribution in [2.45, 2.75) is 6.61 Å². The molecule has 6 nitrogen and oxygen atoms in total. The minimum atomic E-state index is -0.598. The van der Waals surface area contributed by atoms with Crippen LogP contribution in [-0.2, 0) is 13.7 Å². The molecule has 0 aliphatic heterocycles. The van der Waals surface area contributed by atoms with Crippen LogP contribution in [-0.4, -0.2) is 19.6 Å². The molecule has 0 saturated carbocycles. The third-order valence-corrected chi connectivity index (χ3v) is 1.39. The summed E-state index contributed by atoms with van der Waals surface area (Å²) in [5.74, 6) is -0.256. The van der Waals surface area contributed by atoms with Gasteiger partial charge in [0, 0.05) is 0 Å². The van der Waals surface area contributed by atoms with Crippen molar-refractivity contribution in [3.63, 3.8) is 0 Å². The molecule has 1 rings (SSSR count). The summed E-state index contributed by atoms with van der Waals surface area (Å²) in [5.41, 5.74) is 0.428. The van der Waals surface area contributed by atoms with Crippen LogP contribution < -0.4 is 0 Å². The maximum Gasteiger partial charge on any atom is 0.434 e. The third kappa shape index (κ3) is 1.20. The first-order chi connectivity index (χ1) is 5.16. The van der Waals surface area contributed by atoms with Gasteiger partial charge in [-0.05, 0) is 4.92 Å². The van der Waals surface area contributed by atoms with Crippen molar-refractivity contribution < 1.29 is 10.0 Å². The Kier molecular flexibility index (Phi) is 1.86. The van der Waals surface area contributed by atoms with Gasteiger partial charge in [-0.3, -0.25) is 0 Å². The lowest BCUT2D eigenvalue weighted by atomic mass is 10.5. The van der Waals surface area contributed by atoms with Gasteiger partial charge in [-0.1, -0.05) is 4.98 Å². The topological polar surface area (TPSA) is 81.2 Å². The summed E-state index contributed by atoms with van der Waals surface area (Å²) in [6.45, 7) is -0.239. The molecule has 1 N–H and O–H groups in total. The van der Waals surface area contributed by atoms with Gasteiger partial charge in [0.2, 0.25) is 0 Å². The molecule has 1 heterocycles. The fraction of sp³-hybridized carbons (Fsp3) is 0.400. The number of aromatic nitrogens is 2. The van der Waals surface area contributed by atoms with Gasteiger partial charge >= 0.3 is 5.95 Å². The molecule has 0 amide bonds. The minimum Gasteiger partial charge on any atom is -0.390 e. The molecule has 0 fully saturated rings. The second-order valence-corrected chi connectivity index (χ2v) is 2.02. The Morgan fingerprint density at radius 2 is 2.55 bits per heavy atom. The maximum atomic E-state index is 10.2. The van der Waals surface area contributed by atoms with Gasteiger partial charge in [0.05, 0.1) is 7.05 Å². The first kappa shape index (κ1) is 7.67. The molecule has 0 aliphatic rings. The molecule has 6 heteroatoms. The molecule has 0 saturated heterocycles. The van der Waals surface area contributed by atoms with Gasteiger partial charge < -0.3 is 15.2 Å². The van der Waals surface area contributed by atoms with Crippen LogP contribution in [0.2, 0.25) is 0 Å². The Balaban J connectivity index is 3.10. The van der Waals surface area contributed by atoms with E-state index in [2.05, 4.69) is 4.98 Å². The highest BCUT2D eigenvalue weighted by molar-refractivity contribution is 5.13. The van der Waals surface area contributed by atoms with Crippen molar-refractivity contribution in [1.29, 1.82) is 0 Å². The van der Waals surface area contributed by atoms with E-state index < -0.39 is 4.92 Å². The molecular formula is C5H7N3O3. The van der Waals surface area contributed by atoms with Crippen molar-refractivity contribution in [3.8, 4) is 0 Å². The number of nitro groups is 1. The summed E-state index contributed by atoms with van der Waals surface area (Å²) in [7, 11) is 1.48. The van der Waals surface area contributed by atoms with Crippen molar-refractivity contribution >= 4 is 5.95 Å². The van der Waals surface area contributed by atoms with Gasteiger partial charge in [-0.2, -0.15) is 0 Å². The zero-order valence-corrected chi connectivity index (χ0v) is 5.89. The zero-order chi connectivity index (χ0) is 8.43. The van der Waals surface area contributed by atoms with E-state index in [4.69, 9.17) is 5.11 Å². The Hall–Kier alpha value is -1.43. The minimum absolute atomic E-state index is 0.239. The van der Waals surface area contributed by atoms with E-state index in [0.29, 0.717) is 5.69 Å². The monoisotopic (exact) mass is 157 g/mol. The number of hydrogen-bond donors (Lipinski definition) is 1. The average molecular weight is 157 g/mol. The second kappa shape index (κ2) is 2.67. The van der Waals surface area contributed by atoms with Gasteiger partial charge in [-0.25, -0.2) is 4.57 Å². The molecule has 0 bridgehead atoms. The van der Waals surface area contributed by atoms with E-state index in [-0.39, 0.29) is 12.6 Å². The number of hydrogen-bond acceptors (Lipinski definition) is 4. The lowest BCUT2D eigenvalue weighted by molar-refractivity contribution is -0.396. The van der Waals surface area contributed by atoms with Crippen LogP contribution in [0.25, 0.3) is 0 Å². The lowest BCUT2D eigenvalue weighted by Gasteiger charge is -1.94. The van der Waals surface area contributed by atoms with E-state index >= 15 is 0 Å². The van der Waals surface area contributed by atoms with Crippen LogP contribution in [0.15, 0.2) is 6.20 Å². The quantitative estimate of drug-likeness (QED) is 0.477. The SMILES string of the molecule is Cn1c(CO)cnc1[N+](=O)[O-]. The fourth-order valence-corrected chi connectivity index (χ4v) is 0.750. The number of rotatable bonds is 2. The summed E-state index contributed by atoms with van der Waals surface area (Å²) >= 11 is 0. The van der Waals surface area contributed by atoms with E-state index in [1.165, 1.54) is 17.8 Å². The van der Waals surface area contributed by atoms with Crippen molar-refractivity contribution in [2.75, 3.05) is 0 Å². The lowest BCUT2D eigenvalue weighted by Crippen LogP contribution is -2.01. The average Bonchev–Trinajstić information content (AvgIpc) is 2.30. The second-order valence-electron chi connectivity index (χ2n) is 2.02. The van der Waals surface area contributed by atoms with Crippen LogP contribution in [0.5, 0.6) is 0 Å². The molecule has 1 aromatic rings. The Bertz CT molecular complexity index is 281. The van der Waals surface area contributed by atoms with E-state index in [1.54, 1.807) is 0 Å². The smallest absolute Gasteiger partial charge is 0.390 e. The van der Waals surface area contributed by atoms with Gasteiger partial charge in [0.1, 0.15) is 18.5 Å². The summed E-state index contributed by atoms with van der Waals surface area (Å²) < 4.78 is 1.24. The molecule has 1 aromatic heterocycles. The van der Waals surface area contributed by atoms with Crippen LogP contribution >= 0.6 is 0 Å². The molecule has 0 aliphatic carbocycles. The number of aliphatic hydroxyl groups is 1. The van der Waals surface area contributed by atoms with Crippen molar-refractivity contribution in [1.82, 2.24) is 9.55 Å². The highest BCUT2D eigenvalue weighted by atomic mass is 16.6. The van der Waals surface area contributed by atoms with Crippen molar-refractivity contribution in [2.24, 2.45) is 7.05 Å². The molecule has 11 heavy (non-hydrogen) atoms. The Labute approximate surface area is 62.2 Å². The predicted molar refractivity (Wildman–Crippen MR) is 35.8 cm³/mol. The number of nitrogens with zero attached hydrogens (tertiary/aromatic N) is 3. The van der Waals surface area contributed by atoms with Crippen LogP contribution in [0, 0.1) is 10.1 Å². The first-order valence-corrected chi connectivity index (χ1v) is 2.92. The normalized spacial score (nSPS) is 10.0. The highest BCUT2D eigenvalue weighted by Crippen LogP contribution is 2.09. The standard InChI is InChI=1S/C5H7N3O3/c1-7-4(3-9)2-6-5(7)8(10)11/h2,9H,3H2,1H3. The van der Waals surface area contributed by atoms with Crippen LogP contribution in [0.1, 0.15) is 5.69 Å². The largest absolute Gasteiger partial charge is 0.434 e. The maximum absolute atomic E-state index is 10.2. The molecule has 0 spiro atoms.